The number of pyridine rings is 1. The fraction of sp³-hybridized carbons (Fsp3) is 0.238. The maximum absolute atomic E-state index is 13.0. The number of allylic oxidation sites excluding steroid dienone is 3. The molecular weight excluding hydrogens is 310 g/mol. The molecule has 1 aliphatic carbocycles. The highest BCUT2D eigenvalue weighted by Gasteiger charge is 2.31. The maximum atomic E-state index is 13.0. The molecule has 1 atom stereocenters. The van der Waals surface area contributed by atoms with E-state index in [1.165, 1.54) is 5.57 Å². The molecule has 4 rings (SSSR count). The number of hydrogen-bond acceptors (Lipinski definition) is 3. The van der Waals surface area contributed by atoms with Crippen molar-refractivity contribution in [3.05, 3.63) is 59.8 Å². The summed E-state index contributed by atoms with van der Waals surface area (Å²) in [7, 11) is 0. The molecule has 4 nitrogen and oxygen atoms in total. The Morgan fingerprint density at radius 3 is 3.04 bits per heavy atom. The SMILES string of the molecule is CC1=CC[C@](C)(C(=O)Nc2cc3c(c4ncccc24)NCC=C3)C=C1. The lowest BCUT2D eigenvalue weighted by molar-refractivity contribution is -0.122. The van der Waals surface area contributed by atoms with Gasteiger partial charge in [-0.05, 0) is 38.5 Å². The van der Waals surface area contributed by atoms with E-state index in [9.17, 15) is 4.79 Å². The third kappa shape index (κ3) is 2.74. The molecule has 1 aromatic carbocycles. The van der Waals surface area contributed by atoms with Crippen molar-refractivity contribution in [2.75, 3.05) is 17.2 Å². The highest BCUT2D eigenvalue weighted by atomic mass is 16.2. The summed E-state index contributed by atoms with van der Waals surface area (Å²) in [6.07, 6.45) is 12.8. The van der Waals surface area contributed by atoms with Crippen LogP contribution in [0.2, 0.25) is 0 Å². The van der Waals surface area contributed by atoms with Crippen LogP contribution in [0.1, 0.15) is 25.8 Å². The van der Waals surface area contributed by atoms with E-state index in [1.807, 2.05) is 37.3 Å². The van der Waals surface area contributed by atoms with E-state index in [0.29, 0.717) is 6.42 Å². The number of carbonyl (C=O) groups is 1. The first-order valence-electron chi connectivity index (χ1n) is 8.56. The van der Waals surface area contributed by atoms with Crippen LogP contribution in [0.25, 0.3) is 17.0 Å². The third-order valence-electron chi connectivity index (χ3n) is 4.95. The van der Waals surface area contributed by atoms with Gasteiger partial charge in [0.2, 0.25) is 5.91 Å². The van der Waals surface area contributed by atoms with Crippen molar-refractivity contribution in [2.24, 2.45) is 5.41 Å². The summed E-state index contributed by atoms with van der Waals surface area (Å²) in [5.41, 5.74) is 4.44. The number of amides is 1. The van der Waals surface area contributed by atoms with Gasteiger partial charge in [0.05, 0.1) is 22.3 Å². The maximum Gasteiger partial charge on any atom is 0.234 e. The van der Waals surface area contributed by atoms with Crippen LogP contribution in [-0.4, -0.2) is 17.4 Å². The van der Waals surface area contributed by atoms with Gasteiger partial charge in [-0.2, -0.15) is 0 Å². The Kier molecular flexibility index (Phi) is 3.68. The summed E-state index contributed by atoms with van der Waals surface area (Å²) in [5.74, 6) is 0.00495. The van der Waals surface area contributed by atoms with E-state index in [1.54, 1.807) is 6.20 Å². The molecule has 0 bridgehead atoms. The monoisotopic (exact) mass is 331 g/mol. The quantitative estimate of drug-likeness (QED) is 0.850. The first kappa shape index (κ1) is 15.6. The standard InChI is InChI=1S/C21H21N3O/c1-14-7-9-21(2,10-8-14)20(25)24-17-13-15-5-3-11-22-18(15)19-16(17)6-4-12-23-19/h3-9,12-13,22H,10-11H2,1-2H3,(H,24,25)/t21-/m1/s1. The Bertz CT molecular complexity index is 955. The lowest BCUT2D eigenvalue weighted by atomic mass is 9.81. The molecule has 4 heteroatoms. The zero-order chi connectivity index (χ0) is 17.4. The summed E-state index contributed by atoms with van der Waals surface area (Å²) in [4.78, 5) is 17.5. The Morgan fingerprint density at radius 2 is 2.24 bits per heavy atom. The molecule has 0 radical (unpaired) electrons. The highest BCUT2D eigenvalue weighted by molar-refractivity contribution is 6.09. The molecule has 126 valence electrons. The van der Waals surface area contributed by atoms with Crippen LogP contribution in [0, 0.1) is 5.41 Å². The van der Waals surface area contributed by atoms with Crippen molar-refractivity contribution in [3.8, 4) is 0 Å². The number of carbonyl (C=O) groups excluding carboxylic acids is 1. The molecule has 2 N–H and O–H groups in total. The second-order valence-corrected chi connectivity index (χ2v) is 6.93. The Balaban J connectivity index is 1.74. The summed E-state index contributed by atoms with van der Waals surface area (Å²) in [6.45, 7) is 4.82. The van der Waals surface area contributed by atoms with Gasteiger partial charge in [-0.3, -0.25) is 9.78 Å². The van der Waals surface area contributed by atoms with Crippen LogP contribution in [0.4, 0.5) is 11.4 Å². The Hall–Kier alpha value is -2.88. The van der Waals surface area contributed by atoms with Gasteiger partial charge in [0.25, 0.3) is 0 Å². The number of fused-ring (bicyclic) bond motifs is 3. The second-order valence-electron chi connectivity index (χ2n) is 6.93. The normalized spacial score (nSPS) is 21.4. The molecule has 0 saturated carbocycles. The molecule has 1 aliphatic heterocycles. The van der Waals surface area contributed by atoms with E-state index >= 15 is 0 Å². The van der Waals surface area contributed by atoms with E-state index in [-0.39, 0.29) is 5.91 Å². The lowest BCUT2D eigenvalue weighted by Crippen LogP contribution is -2.32. The fourth-order valence-electron chi connectivity index (χ4n) is 3.29. The molecule has 1 aromatic heterocycles. The van der Waals surface area contributed by atoms with Gasteiger partial charge in [0.1, 0.15) is 0 Å². The summed E-state index contributed by atoms with van der Waals surface area (Å²) in [5, 5.41) is 7.47. The van der Waals surface area contributed by atoms with Crippen molar-refractivity contribution >= 4 is 34.3 Å². The predicted molar refractivity (Wildman–Crippen MR) is 104 cm³/mol. The number of aromatic nitrogens is 1. The molecule has 1 amide bonds. The van der Waals surface area contributed by atoms with Crippen molar-refractivity contribution < 1.29 is 4.79 Å². The smallest absolute Gasteiger partial charge is 0.234 e. The second kappa shape index (κ2) is 5.88. The number of nitrogens with one attached hydrogen (secondary N) is 2. The minimum Gasteiger partial charge on any atom is -0.379 e. The molecule has 0 saturated heterocycles. The van der Waals surface area contributed by atoms with Crippen LogP contribution in [0.5, 0.6) is 0 Å². The van der Waals surface area contributed by atoms with Crippen LogP contribution in [0.15, 0.2) is 54.3 Å². The van der Waals surface area contributed by atoms with Crippen LogP contribution in [-0.2, 0) is 4.79 Å². The molecule has 0 spiro atoms. The van der Waals surface area contributed by atoms with Gasteiger partial charge < -0.3 is 10.6 Å². The summed E-state index contributed by atoms with van der Waals surface area (Å²) < 4.78 is 0. The number of hydrogen-bond donors (Lipinski definition) is 2. The van der Waals surface area contributed by atoms with Crippen LogP contribution < -0.4 is 10.6 Å². The molecule has 2 heterocycles. The van der Waals surface area contributed by atoms with Crippen molar-refractivity contribution in [1.82, 2.24) is 4.98 Å². The predicted octanol–water partition coefficient (Wildman–Crippen LogP) is 4.52. The Morgan fingerprint density at radius 1 is 1.36 bits per heavy atom. The average molecular weight is 331 g/mol. The molecule has 0 fully saturated rings. The molecule has 0 unspecified atom stereocenters. The van der Waals surface area contributed by atoms with Gasteiger partial charge in [-0.1, -0.05) is 36.0 Å². The van der Waals surface area contributed by atoms with E-state index in [2.05, 4.69) is 40.8 Å². The number of anilines is 2. The van der Waals surface area contributed by atoms with Crippen molar-refractivity contribution in [1.29, 1.82) is 0 Å². The van der Waals surface area contributed by atoms with Gasteiger partial charge >= 0.3 is 0 Å². The fourth-order valence-corrected chi connectivity index (χ4v) is 3.29. The zero-order valence-electron chi connectivity index (χ0n) is 14.5. The van der Waals surface area contributed by atoms with Crippen molar-refractivity contribution in [2.45, 2.75) is 20.3 Å². The lowest BCUT2D eigenvalue weighted by Gasteiger charge is -2.27. The van der Waals surface area contributed by atoms with Crippen LogP contribution >= 0.6 is 0 Å². The van der Waals surface area contributed by atoms with Gasteiger partial charge in [0, 0.05) is 23.7 Å². The number of benzene rings is 1. The van der Waals surface area contributed by atoms with Gasteiger partial charge in [-0.15, -0.1) is 0 Å². The topological polar surface area (TPSA) is 54.0 Å². The van der Waals surface area contributed by atoms with E-state index < -0.39 is 5.41 Å². The van der Waals surface area contributed by atoms with Crippen molar-refractivity contribution in [3.63, 3.8) is 0 Å². The van der Waals surface area contributed by atoms with Gasteiger partial charge in [-0.25, -0.2) is 0 Å². The summed E-state index contributed by atoms with van der Waals surface area (Å²) >= 11 is 0. The van der Waals surface area contributed by atoms with Gasteiger partial charge in [0.15, 0.2) is 0 Å². The number of rotatable bonds is 2. The average Bonchev–Trinajstić information content (AvgIpc) is 2.64. The third-order valence-corrected chi connectivity index (χ3v) is 4.95. The number of nitrogens with zero attached hydrogens (tertiary/aromatic N) is 1. The molecular formula is C21H21N3O. The van der Waals surface area contributed by atoms with E-state index in [4.69, 9.17) is 0 Å². The largest absolute Gasteiger partial charge is 0.379 e. The summed E-state index contributed by atoms with van der Waals surface area (Å²) in [6, 6.07) is 5.93. The first-order chi connectivity index (χ1) is 12.1. The minimum atomic E-state index is -0.530. The molecule has 2 aliphatic rings. The highest BCUT2D eigenvalue weighted by Crippen LogP contribution is 2.36. The zero-order valence-corrected chi connectivity index (χ0v) is 14.5. The van der Waals surface area contributed by atoms with Crippen LogP contribution in [0.3, 0.4) is 0 Å². The molecule has 25 heavy (non-hydrogen) atoms. The van der Waals surface area contributed by atoms with E-state index in [0.717, 1.165) is 34.4 Å². The minimum absolute atomic E-state index is 0.00495. The first-order valence-corrected chi connectivity index (χ1v) is 8.56. The molecule has 2 aromatic rings. The Labute approximate surface area is 147 Å².